The number of carbonyl (C=O) groups is 1. The van der Waals surface area contributed by atoms with Crippen LogP contribution in [0.3, 0.4) is 0 Å². The number of halogens is 3. The van der Waals surface area contributed by atoms with Crippen molar-refractivity contribution in [1.29, 1.82) is 0 Å². The van der Waals surface area contributed by atoms with Gasteiger partial charge in [0.2, 0.25) is 0 Å². The van der Waals surface area contributed by atoms with Crippen molar-refractivity contribution in [2.24, 2.45) is 5.73 Å². The lowest BCUT2D eigenvalue weighted by Crippen LogP contribution is -2.28. The topological polar surface area (TPSA) is 64.3 Å². The summed E-state index contributed by atoms with van der Waals surface area (Å²) in [7, 11) is 0. The summed E-state index contributed by atoms with van der Waals surface area (Å²) in [6.07, 6.45) is -4.46. The van der Waals surface area contributed by atoms with Gasteiger partial charge in [-0.15, -0.1) is 0 Å². The molecule has 1 aromatic rings. The number of amides is 1. The molecule has 0 saturated heterocycles. The van der Waals surface area contributed by atoms with Crippen LogP contribution in [0.4, 0.5) is 13.2 Å². The minimum absolute atomic E-state index is 0.0337. The first-order valence-electron chi connectivity index (χ1n) is 5.68. The summed E-state index contributed by atoms with van der Waals surface area (Å²) < 4.78 is 42.4. The molecule has 4 nitrogen and oxygen atoms in total. The van der Waals surface area contributed by atoms with Crippen molar-refractivity contribution in [3.8, 4) is 0 Å². The third-order valence-electron chi connectivity index (χ3n) is 2.25. The van der Waals surface area contributed by atoms with Crippen LogP contribution in [0.5, 0.6) is 0 Å². The highest BCUT2D eigenvalue weighted by molar-refractivity contribution is 5.94. The quantitative estimate of drug-likeness (QED) is 0.772. The molecule has 7 heteroatoms. The van der Waals surface area contributed by atoms with E-state index in [9.17, 15) is 18.0 Å². The standard InChI is InChI=1S/C12H15F3N2O2/c13-12(14,15)10-3-1-2-9(8-10)11(18)17-5-7-19-6-4-16/h1-3,8H,4-7,16H2,(H,17,18). The molecule has 0 unspecified atom stereocenters. The minimum atomic E-state index is -4.46. The lowest BCUT2D eigenvalue weighted by Gasteiger charge is -2.09. The molecule has 0 aliphatic rings. The molecule has 1 aromatic carbocycles. The molecule has 0 aromatic heterocycles. The monoisotopic (exact) mass is 276 g/mol. The third-order valence-corrected chi connectivity index (χ3v) is 2.25. The highest BCUT2D eigenvalue weighted by Crippen LogP contribution is 2.29. The van der Waals surface area contributed by atoms with Crippen LogP contribution < -0.4 is 11.1 Å². The first-order chi connectivity index (χ1) is 8.95. The van der Waals surface area contributed by atoms with Gasteiger partial charge >= 0.3 is 6.18 Å². The zero-order valence-electron chi connectivity index (χ0n) is 10.2. The molecule has 0 atom stereocenters. The Morgan fingerprint density at radius 2 is 2.05 bits per heavy atom. The van der Waals surface area contributed by atoms with Gasteiger partial charge in [0, 0.05) is 18.7 Å². The fraction of sp³-hybridized carbons (Fsp3) is 0.417. The van der Waals surface area contributed by atoms with Crippen LogP contribution in [-0.4, -0.2) is 32.2 Å². The Balaban J connectivity index is 2.53. The number of ether oxygens (including phenoxy) is 1. The maximum Gasteiger partial charge on any atom is 0.416 e. The lowest BCUT2D eigenvalue weighted by atomic mass is 10.1. The van der Waals surface area contributed by atoms with Crippen LogP contribution in [0.1, 0.15) is 15.9 Å². The number of nitrogens with one attached hydrogen (secondary N) is 1. The van der Waals surface area contributed by atoms with Gasteiger partial charge in [0.1, 0.15) is 0 Å². The number of nitrogens with two attached hydrogens (primary N) is 1. The summed E-state index contributed by atoms with van der Waals surface area (Å²) in [5, 5.41) is 2.46. The number of carbonyl (C=O) groups excluding carboxylic acids is 1. The Labute approximate surface area is 108 Å². The van der Waals surface area contributed by atoms with Crippen LogP contribution in [-0.2, 0) is 10.9 Å². The van der Waals surface area contributed by atoms with Gasteiger partial charge < -0.3 is 15.8 Å². The Kier molecular flexibility index (Phi) is 5.78. The van der Waals surface area contributed by atoms with Crippen molar-refractivity contribution in [3.63, 3.8) is 0 Å². The molecule has 0 radical (unpaired) electrons. The molecule has 1 amide bonds. The molecule has 0 aliphatic carbocycles. The molecule has 106 valence electrons. The number of rotatable bonds is 6. The average Bonchev–Trinajstić information content (AvgIpc) is 2.37. The zero-order chi connectivity index (χ0) is 14.3. The van der Waals surface area contributed by atoms with Crippen LogP contribution in [0, 0.1) is 0 Å². The largest absolute Gasteiger partial charge is 0.416 e. The van der Waals surface area contributed by atoms with Gasteiger partial charge in [-0.05, 0) is 18.2 Å². The van der Waals surface area contributed by atoms with Crippen molar-refractivity contribution in [3.05, 3.63) is 35.4 Å². The number of hydrogen-bond donors (Lipinski definition) is 2. The molecular formula is C12H15F3N2O2. The minimum Gasteiger partial charge on any atom is -0.378 e. The van der Waals surface area contributed by atoms with Crippen molar-refractivity contribution in [1.82, 2.24) is 5.32 Å². The molecule has 0 spiro atoms. The molecule has 1 rings (SSSR count). The molecule has 19 heavy (non-hydrogen) atoms. The zero-order valence-corrected chi connectivity index (χ0v) is 10.2. The fourth-order valence-electron chi connectivity index (χ4n) is 1.36. The SMILES string of the molecule is NCCOCCNC(=O)c1cccc(C(F)(F)F)c1. The number of alkyl halides is 3. The van der Waals surface area contributed by atoms with Gasteiger partial charge in [0.25, 0.3) is 5.91 Å². The van der Waals surface area contributed by atoms with Crippen molar-refractivity contribution < 1.29 is 22.7 Å². The van der Waals surface area contributed by atoms with E-state index in [-0.39, 0.29) is 18.7 Å². The first kappa shape index (κ1) is 15.5. The van der Waals surface area contributed by atoms with Crippen molar-refractivity contribution in [2.75, 3.05) is 26.3 Å². The van der Waals surface area contributed by atoms with E-state index < -0.39 is 17.6 Å². The van der Waals surface area contributed by atoms with E-state index in [0.29, 0.717) is 13.2 Å². The van der Waals surface area contributed by atoms with Gasteiger partial charge in [0.05, 0.1) is 18.8 Å². The Bertz CT molecular complexity index is 422. The maximum absolute atomic E-state index is 12.5. The summed E-state index contributed by atoms with van der Waals surface area (Å²) in [6, 6.07) is 4.26. The normalized spacial score (nSPS) is 11.4. The van der Waals surface area contributed by atoms with Gasteiger partial charge in [0.15, 0.2) is 0 Å². The summed E-state index contributed by atoms with van der Waals surface area (Å²) in [5.74, 6) is -0.567. The van der Waals surface area contributed by atoms with E-state index in [1.807, 2.05) is 0 Å². The Hall–Kier alpha value is -1.60. The van der Waals surface area contributed by atoms with Crippen LogP contribution in [0.2, 0.25) is 0 Å². The lowest BCUT2D eigenvalue weighted by molar-refractivity contribution is -0.137. The fourth-order valence-corrected chi connectivity index (χ4v) is 1.36. The predicted molar refractivity (Wildman–Crippen MR) is 63.7 cm³/mol. The summed E-state index contributed by atoms with van der Waals surface area (Å²) >= 11 is 0. The van der Waals surface area contributed by atoms with E-state index in [4.69, 9.17) is 10.5 Å². The second-order valence-corrected chi connectivity index (χ2v) is 3.74. The maximum atomic E-state index is 12.5. The van der Waals surface area contributed by atoms with E-state index in [2.05, 4.69) is 5.32 Å². The number of hydrogen-bond acceptors (Lipinski definition) is 3. The molecular weight excluding hydrogens is 261 g/mol. The van der Waals surface area contributed by atoms with E-state index in [1.54, 1.807) is 0 Å². The predicted octanol–water partition coefficient (Wildman–Crippen LogP) is 1.41. The van der Waals surface area contributed by atoms with Gasteiger partial charge in [-0.2, -0.15) is 13.2 Å². The van der Waals surface area contributed by atoms with Crippen molar-refractivity contribution >= 4 is 5.91 Å². The number of benzene rings is 1. The summed E-state index contributed by atoms with van der Waals surface area (Å²) in [4.78, 5) is 11.6. The Morgan fingerprint density at radius 1 is 1.32 bits per heavy atom. The molecule has 0 aliphatic heterocycles. The average molecular weight is 276 g/mol. The first-order valence-corrected chi connectivity index (χ1v) is 5.68. The molecule has 0 fully saturated rings. The Morgan fingerprint density at radius 3 is 2.68 bits per heavy atom. The molecule has 0 saturated carbocycles. The van der Waals surface area contributed by atoms with Crippen LogP contribution >= 0.6 is 0 Å². The van der Waals surface area contributed by atoms with Crippen LogP contribution in [0.25, 0.3) is 0 Å². The van der Waals surface area contributed by atoms with E-state index in [1.165, 1.54) is 12.1 Å². The van der Waals surface area contributed by atoms with Crippen LogP contribution in [0.15, 0.2) is 24.3 Å². The second kappa shape index (κ2) is 7.10. The second-order valence-electron chi connectivity index (χ2n) is 3.74. The summed E-state index contributed by atoms with van der Waals surface area (Å²) in [5.41, 5.74) is 4.32. The molecule has 3 N–H and O–H groups in total. The van der Waals surface area contributed by atoms with E-state index in [0.717, 1.165) is 12.1 Å². The molecule has 0 bridgehead atoms. The third kappa shape index (κ3) is 5.27. The van der Waals surface area contributed by atoms with Gasteiger partial charge in [-0.3, -0.25) is 4.79 Å². The van der Waals surface area contributed by atoms with E-state index >= 15 is 0 Å². The highest BCUT2D eigenvalue weighted by Gasteiger charge is 2.30. The molecule has 0 heterocycles. The smallest absolute Gasteiger partial charge is 0.378 e. The van der Waals surface area contributed by atoms with Gasteiger partial charge in [-0.1, -0.05) is 6.07 Å². The van der Waals surface area contributed by atoms with Crippen molar-refractivity contribution in [2.45, 2.75) is 6.18 Å². The van der Waals surface area contributed by atoms with Gasteiger partial charge in [-0.25, -0.2) is 0 Å². The highest BCUT2D eigenvalue weighted by atomic mass is 19.4. The summed E-state index contributed by atoms with van der Waals surface area (Å²) in [6.45, 7) is 1.23.